The molecule has 0 aliphatic rings. The van der Waals surface area contributed by atoms with Gasteiger partial charge >= 0.3 is 11.9 Å². The third-order valence-corrected chi connectivity index (χ3v) is 1.60. The van der Waals surface area contributed by atoms with Gasteiger partial charge in [0.05, 0.1) is 13.0 Å². The van der Waals surface area contributed by atoms with Crippen LogP contribution in [0.5, 0.6) is 0 Å². The number of Topliss-reactive ketones (excluding diaryl/α,β-unsaturated/α-hetero) is 1. The van der Waals surface area contributed by atoms with Gasteiger partial charge in [-0.2, -0.15) is 0 Å². The van der Waals surface area contributed by atoms with E-state index in [-0.39, 0.29) is 55.0 Å². The molecule has 0 bridgehead atoms. The summed E-state index contributed by atoms with van der Waals surface area (Å²) >= 11 is 0. The Morgan fingerprint density at radius 3 is 1.73 bits per heavy atom. The van der Waals surface area contributed by atoms with Gasteiger partial charge in [-0.25, -0.2) is 0 Å². The molecule has 0 spiro atoms. The van der Waals surface area contributed by atoms with Gasteiger partial charge in [0.2, 0.25) is 12.7 Å². The Labute approximate surface area is 133 Å². The van der Waals surface area contributed by atoms with Crippen LogP contribution in [0.2, 0.25) is 0 Å². The number of nitrogens with one attached hydrogen (secondary N) is 2. The van der Waals surface area contributed by atoms with Crippen LogP contribution in [0, 0.1) is 0 Å². The number of esters is 2. The first-order chi connectivity index (χ1) is 8.45. The highest BCUT2D eigenvalue weighted by Gasteiger charge is 2.09. The van der Waals surface area contributed by atoms with E-state index in [2.05, 4.69) is 20.1 Å². The molecular weight excluding hydrogens is 292 g/mol. The van der Waals surface area contributed by atoms with Gasteiger partial charge in [-0.1, -0.05) is 29.7 Å². The molecule has 0 aliphatic heterocycles. The molecule has 0 aromatic carbocycles. The SMILES string of the molecule is C.C.C.C.CNCC(=O)OCOC(=O)CNC(=O)CC(C)=O. The van der Waals surface area contributed by atoms with Gasteiger partial charge in [0, 0.05) is 0 Å². The zero-order valence-electron chi connectivity index (χ0n) is 10.3. The Bertz CT molecular complexity index is 331. The highest BCUT2D eigenvalue weighted by molar-refractivity contribution is 5.97. The van der Waals surface area contributed by atoms with Gasteiger partial charge in [0.25, 0.3) is 0 Å². The maximum atomic E-state index is 11.0. The minimum Gasteiger partial charge on any atom is -0.427 e. The molecule has 0 rings (SSSR count). The summed E-state index contributed by atoms with van der Waals surface area (Å²) < 4.78 is 9.02. The van der Waals surface area contributed by atoms with Crippen molar-refractivity contribution in [3.63, 3.8) is 0 Å². The summed E-state index contributed by atoms with van der Waals surface area (Å²) in [5.41, 5.74) is 0. The number of carbonyl (C=O) groups is 4. The molecule has 0 aromatic heterocycles. The number of hydrogen-bond donors (Lipinski definition) is 2. The number of rotatable bonds is 8. The number of ether oxygens (including phenoxy) is 2. The molecule has 0 fully saturated rings. The van der Waals surface area contributed by atoms with Crippen LogP contribution < -0.4 is 10.6 Å². The first-order valence-corrected chi connectivity index (χ1v) is 5.17. The molecule has 0 heterocycles. The minimum atomic E-state index is -0.760. The highest BCUT2D eigenvalue weighted by Crippen LogP contribution is 1.84. The predicted molar refractivity (Wildman–Crippen MR) is 86.2 cm³/mol. The summed E-state index contributed by atoms with van der Waals surface area (Å²) in [6.45, 7) is 0.379. The van der Waals surface area contributed by atoms with E-state index in [4.69, 9.17) is 0 Å². The van der Waals surface area contributed by atoms with E-state index in [1.807, 2.05) is 0 Å². The third-order valence-electron chi connectivity index (χ3n) is 1.60. The fraction of sp³-hybridized carbons (Fsp3) is 0.714. The summed E-state index contributed by atoms with van der Waals surface area (Å²) in [6.07, 6.45) is -0.287. The molecular formula is C14H32N2O6. The van der Waals surface area contributed by atoms with Crippen LogP contribution in [-0.4, -0.2) is 50.6 Å². The average Bonchev–Trinajstić information content (AvgIpc) is 2.26. The van der Waals surface area contributed by atoms with Crippen LogP contribution >= 0.6 is 0 Å². The van der Waals surface area contributed by atoms with Crippen molar-refractivity contribution in [2.45, 2.75) is 43.1 Å². The standard InChI is InChI=1S/C10H16N2O6.4CH4/c1-7(13)3-8(14)12-5-10(16)18-6-17-9(15)4-11-2;;;;/h11H,3-6H2,1-2H3,(H,12,14);4*1H4. The molecule has 134 valence electrons. The van der Waals surface area contributed by atoms with Crippen molar-refractivity contribution >= 4 is 23.6 Å². The van der Waals surface area contributed by atoms with Crippen LogP contribution in [0.1, 0.15) is 43.1 Å². The summed E-state index contributed by atoms with van der Waals surface area (Å²) in [4.78, 5) is 43.4. The van der Waals surface area contributed by atoms with Gasteiger partial charge < -0.3 is 20.1 Å². The highest BCUT2D eigenvalue weighted by atomic mass is 16.7. The molecule has 0 unspecified atom stereocenters. The second kappa shape index (κ2) is 19.0. The van der Waals surface area contributed by atoms with E-state index in [1.54, 1.807) is 7.05 Å². The van der Waals surface area contributed by atoms with Gasteiger partial charge in [-0.3, -0.25) is 19.2 Å². The fourth-order valence-electron chi connectivity index (χ4n) is 0.867. The van der Waals surface area contributed by atoms with E-state index in [1.165, 1.54) is 6.92 Å². The molecule has 0 aliphatic carbocycles. The van der Waals surface area contributed by atoms with E-state index >= 15 is 0 Å². The van der Waals surface area contributed by atoms with Gasteiger partial charge in [-0.15, -0.1) is 0 Å². The number of ketones is 1. The third kappa shape index (κ3) is 20.4. The lowest BCUT2D eigenvalue weighted by Gasteiger charge is -2.06. The normalized spacial score (nSPS) is 7.73. The Morgan fingerprint density at radius 2 is 1.32 bits per heavy atom. The average molecular weight is 324 g/mol. The first-order valence-electron chi connectivity index (χ1n) is 5.17. The second-order valence-electron chi connectivity index (χ2n) is 3.34. The number of carbonyl (C=O) groups excluding carboxylic acids is 4. The van der Waals surface area contributed by atoms with Crippen molar-refractivity contribution in [1.82, 2.24) is 10.6 Å². The topological polar surface area (TPSA) is 111 Å². The van der Waals surface area contributed by atoms with E-state index in [0.29, 0.717) is 0 Å². The first kappa shape index (κ1) is 32.1. The Balaban J connectivity index is -0.000000241. The lowest BCUT2D eigenvalue weighted by Crippen LogP contribution is -2.32. The lowest BCUT2D eigenvalue weighted by atomic mass is 10.3. The van der Waals surface area contributed by atoms with Crippen molar-refractivity contribution in [2.24, 2.45) is 0 Å². The van der Waals surface area contributed by atoms with Crippen molar-refractivity contribution in [3.8, 4) is 0 Å². The van der Waals surface area contributed by atoms with Gasteiger partial charge in [0.15, 0.2) is 0 Å². The predicted octanol–water partition coefficient (Wildman–Crippen LogP) is 0.889. The number of hydrogen-bond acceptors (Lipinski definition) is 7. The smallest absolute Gasteiger partial charge is 0.328 e. The van der Waals surface area contributed by atoms with Crippen molar-refractivity contribution in [2.75, 3.05) is 26.9 Å². The summed E-state index contributed by atoms with van der Waals surface area (Å²) in [5.74, 6) is -2.19. The van der Waals surface area contributed by atoms with Gasteiger partial charge in [-0.05, 0) is 14.0 Å². The molecule has 8 nitrogen and oxygen atoms in total. The Morgan fingerprint density at radius 1 is 0.864 bits per heavy atom. The fourth-order valence-corrected chi connectivity index (χ4v) is 0.867. The quantitative estimate of drug-likeness (QED) is 0.387. The molecule has 1 amide bonds. The molecule has 0 aromatic rings. The summed E-state index contributed by atoms with van der Waals surface area (Å²) in [6, 6.07) is 0. The summed E-state index contributed by atoms with van der Waals surface area (Å²) in [5, 5.41) is 4.75. The molecule has 0 saturated carbocycles. The zero-order chi connectivity index (χ0) is 14.0. The van der Waals surface area contributed by atoms with Crippen LogP contribution in [-0.2, 0) is 28.7 Å². The molecule has 2 N–H and O–H groups in total. The second-order valence-corrected chi connectivity index (χ2v) is 3.34. The van der Waals surface area contributed by atoms with Crippen molar-refractivity contribution in [3.05, 3.63) is 0 Å². The molecule has 0 atom stereocenters. The van der Waals surface area contributed by atoms with E-state index < -0.39 is 24.6 Å². The van der Waals surface area contributed by atoms with Crippen LogP contribution in [0.15, 0.2) is 0 Å². The monoisotopic (exact) mass is 324 g/mol. The lowest BCUT2D eigenvalue weighted by molar-refractivity contribution is -0.166. The minimum absolute atomic E-state index is 0. The van der Waals surface area contributed by atoms with Crippen LogP contribution in [0.3, 0.4) is 0 Å². The van der Waals surface area contributed by atoms with E-state index in [9.17, 15) is 19.2 Å². The van der Waals surface area contributed by atoms with E-state index in [0.717, 1.165) is 0 Å². The van der Waals surface area contributed by atoms with Crippen LogP contribution in [0.25, 0.3) is 0 Å². The summed E-state index contributed by atoms with van der Waals surface area (Å²) in [7, 11) is 1.57. The van der Waals surface area contributed by atoms with Gasteiger partial charge in [0.1, 0.15) is 12.3 Å². The van der Waals surface area contributed by atoms with Crippen LogP contribution in [0.4, 0.5) is 0 Å². The Kier molecular flexibility index (Phi) is 27.8. The maximum Gasteiger partial charge on any atom is 0.328 e. The van der Waals surface area contributed by atoms with Crippen molar-refractivity contribution < 1.29 is 28.7 Å². The largest absolute Gasteiger partial charge is 0.427 e. The number of likely N-dealkylation sites (N-methyl/N-ethyl adjacent to an activating group) is 1. The van der Waals surface area contributed by atoms with Crippen molar-refractivity contribution in [1.29, 1.82) is 0 Å². The number of amides is 1. The maximum absolute atomic E-state index is 11.0. The molecule has 0 radical (unpaired) electrons. The molecule has 22 heavy (non-hydrogen) atoms. The zero-order valence-corrected chi connectivity index (χ0v) is 10.3. The Hall–Kier alpha value is -1.96. The molecule has 8 heteroatoms. The molecule has 0 saturated heterocycles.